The first-order chi connectivity index (χ1) is 10.7. The van der Waals surface area contributed by atoms with Crippen molar-refractivity contribution in [3.05, 3.63) is 0 Å². The van der Waals surface area contributed by atoms with Crippen molar-refractivity contribution in [2.24, 2.45) is 17.0 Å². The number of carbonyl (C=O) groups is 3. The fourth-order valence-electron chi connectivity index (χ4n) is 2.24. The Hall–Kier alpha value is -1.48. The quantitative estimate of drug-likeness (QED) is 0.327. The maximum Gasteiger partial charge on any atom is 0.306 e. The third kappa shape index (κ3) is 5.58. The maximum absolute atomic E-state index is 12.7. The molecule has 0 bridgehead atoms. The van der Waals surface area contributed by atoms with Crippen LogP contribution in [0.5, 0.6) is 0 Å². The van der Waals surface area contributed by atoms with Gasteiger partial charge >= 0.3 is 7.59 Å². The van der Waals surface area contributed by atoms with Crippen LogP contribution in [0.1, 0.15) is 32.6 Å². The summed E-state index contributed by atoms with van der Waals surface area (Å²) in [6.07, 6.45) is 1.34. The van der Waals surface area contributed by atoms with E-state index in [9.17, 15) is 18.9 Å². The Labute approximate surface area is 135 Å². The average Bonchev–Trinajstić information content (AvgIpc) is 2.46. The number of amides is 3. The number of nitrogens with two attached hydrogens (primary N) is 3. The van der Waals surface area contributed by atoms with E-state index in [1.807, 2.05) is 6.92 Å². The summed E-state index contributed by atoms with van der Waals surface area (Å²) in [6, 6.07) is -1.95. The monoisotopic (exact) mass is 348 g/mol. The number of hydrogen-bond donors (Lipinski definition) is 5. The van der Waals surface area contributed by atoms with Crippen LogP contribution in [0.3, 0.4) is 0 Å². The summed E-state index contributed by atoms with van der Waals surface area (Å²) < 4.78 is 13.6. The number of nitrogens with zero attached hydrogens (tertiary/aromatic N) is 1. The molecule has 11 heteroatoms. The molecule has 1 aliphatic heterocycles. The summed E-state index contributed by atoms with van der Waals surface area (Å²) in [4.78, 5) is 35.2. The minimum atomic E-state index is -3.87. The van der Waals surface area contributed by atoms with Crippen molar-refractivity contribution in [1.29, 1.82) is 0 Å². The lowest BCUT2D eigenvalue weighted by Crippen LogP contribution is -2.53. The zero-order valence-corrected chi connectivity index (χ0v) is 14.1. The summed E-state index contributed by atoms with van der Waals surface area (Å²) in [5, 5.41) is 4.99. The lowest BCUT2D eigenvalue weighted by atomic mass is 10.1. The van der Waals surface area contributed by atoms with Gasteiger partial charge in [0.15, 0.2) is 0 Å². The highest BCUT2D eigenvalue weighted by molar-refractivity contribution is 7.57. The van der Waals surface area contributed by atoms with E-state index < -0.39 is 37.4 Å². The highest BCUT2D eigenvalue weighted by Gasteiger charge is 2.39. The van der Waals surface area contributed by atoms with Crippen LogP contribution >= 0.6 is 7.59 Å². The van der Waals surface area contributed by atoms with Crippen LogP contribution in [-0.4, -0.2) is 47.6 Å². The molecule has 3 atom stereocenters. The van der Waals surface area contributed by atoms with E-state index in [1.165, 1.54) is 0 Å². The first-order valence-electron chi connectivity index (χ1n) is 7.49. The van der Waals surface area contributed by atoms with Gasteiger partial charge in [-0.3, -0.25) is 29.1 Å². The number of rotatable bonds is 8. The Morgan fingerprint density at radius 2 is 2.13 bits per heavy atom. The van der Waals surface area contributed by atoms with E-state index in [-0.39, 0.29) is 13.0 Å². The molecule has 0 aromatic rings. The third-order valence-corrected chi connectivity index (χ3v) is 5.22. The van der Waals surface area contributed by atoms with Crippen LogP contribution in [0.2, 0.25) is 0 Å². The van der Waals surface area contributed by atoms with Gasteiger partial charge < -0.3 is 16.8 Å². The van der Waals surface area contributed by atoms with Crippen molar-refractivity contribution < 1.29 is 18.9 Å². The van der Waals surface area contributed by atoms with Crippen molar-refractivity contribution in [3.8, 4) is 0 Å². The zero-order chi connectivity index (χ0) is 17.6. The van der Waals surface area contributed by atoms with Crippen molar-refractivity contribution in [2.75, 3.05) is 13.1 Å². The Morgan fingerprint density at radius 3 is 2.70 bits per heavy atom. The van der Waals surface area contributed by atoms with Crippen LogP contribution in [0.4, 0.5) is 0 Å². The topological polar surface area (TPSA) is 174 Å². The molecule has 2 unspecified atom stereocenters. The molecule has 1 fully saturated rings. The molecule has 0 aliphatic carbocycles. The molecule has 0 aromatic heterocycles. The number of primary amides is 1. The Morgan fingerprint density at radius 1 is 1.48 bits per heavy atom. The molecular formula is C12H25N6O4P. The van der Waals surface area contributed by atoms with E-state index in [0.717, 1.165) is 4.67 Å². The van der Waals surface area contributed by atoms with Crippen molar-refractivity contribution in [1.82, 2.24) is 15.1 Å². The molecule has 1 saturated heterocycles. The molecule has 1 aliphatic rings. The van der Waals surface area contributed by atoms with Gasteiger partial charge in [-0.1, -0.05) is 6.92 Å². The summed E-state index contributed by atoms with van der Waals surface area (Å²) in [5.41, 5.74) is 16.5. The van der Waals surface area contributed by atoms with Gasteiger partial charge in [0.25, 0.3) is 0 Å². The summed E-state index contributed by atoms with van der Waals surface area (Å²) in [5.74, 6) is -1.85. The molecule has 10 nitrogen and oxygen atoms in total. The van der Waals surface area contributed by atoms with Gasteiger partial charge in [0, 0.05) is 13.1 Å². The molecule has 132 valence electrons. The number of hydrogen-bond acceptors (Lipinski definition) is 5. The summed E-state index contributed by atoms with van der Waals surface area (Å²) >= 11 is 0. The Kier molecular flexibility index (Phi) is 7.14. The molecule has 0 saturated carbocycles. The number of nitrogens with one attached hydrogen (secondary N) is 2. The lowest BCUT2D eigenvalue weighted by molar-refractivity contribution is -0.130. The van der Waals surface area contributed by atoms with Gasteiger partial charge in [0.2, 0.25) is 17.7 Å². The second kappa shape index (κ2) is 8.39. The zero-order valence-electron chi connectivity index (χ0n) is 13.2. The van der Waals surface area contributed by atoms with E-state index in [2.05, 4.69) is 10.4 Å². The van der Waals surface area contributed by atoms with E-state index >= 15 is 0 Å². The molecule has 0 spiro atoms. The average molecular weight is 348 g/mol. The normalized spacial score (nSPS) is 22.3. The van der Waals surface area contributed by atoms with Gasteiger partial charge in [0.1, 0.15) is 6.04 Å². The number of carbonyl (C=O) groups excluding carboxylic acids is 3. The minimum absolute atomic E-state index is 0.174. The maximum atomic E-state index is 12.7. The Bertz CT molecular complexity index is 514. The van der Waals surface area contributed by atoms with Crippen LogP contribution in [-0.2, 0) is 18.9 Å². The van der Waals surface area contributed by atoms with Crippen LogP contribution in [0.25, 0.3) is 0 Å². The predicted octanol–water partition coefficient (Wildman–Crippen LogP) is -1.64. The third-order valence-electron chi connectivity index (χ3n) is 3.43. The largest absolute Gasteiger partial charge is 0.370 e. The smallest absolute Gasteiger partial charge is 0.306 e. The van der Waals surface area contributed by atoms with Crippen LogP contribution in [0.15, 0.2) is 0 Å². The first kappa shape index (κ1) is 19.6. The minimum Gasteiger partial charge on any atom is -0.370 e. The predicted molar refractivity (Wildman–Crippen MR) is 84.8 cm³/mol. The molecule has 0 aromatic carbocycles. The van der Waals surface area contributed by atoms with E-state index in [1.54, 1.807) is 0 Å². The van der Waals surface area contributed by atoms with Gasteiger partial charge in [-0.15, -0.1) is 0 Å². The molecule has 1 rings (SSSR count). The molecule has 8 N–H and O–H groups in total. The molecule has 23 heavy (non-hydrogen) atoms. The second-order valence-corrected chi connectivity index (χ2v) is 7.46. The van der Waals surface area contributed by atoms with Gasteiger partial charge in [0.05, 0.1) is 12.5 Å². The van der Waals surface area contributed by atoms with Crippen molar-refractivity contribution in [3.63, 3.8) is 0 Å². The van der Waals surface area contributed by atoms with Gasteiger partial charge in [-0.2, -0.15) is 0 Å². The highest BCUT2D eigenvalue weighted by Crippen LogP contribution is 2.40. The summed E-state index contributed by atoms with van der Waals surface area (Å²) in [7, 11) is -3.87. The van der Waals surface area contributed by atoms with E-state index in [0.29, 0.717) is 25.8 Å². The molecule has 3 amide bonds. The van der Waals surface area contributed by atoms with Crippen LogP contribution < -0.4 is 27.4 Å². The fourth-order valence-corrected chi connectivity index (χ4v) is 3.92. The van der Waals surface area contributed by atoms with Crippen LogP contribution in [0, 0.1) is 0 Å². The molecule has 1 heterocycles. The lowest BCUT2D eigenvalue weighted by Gasteiger charge is -2.35. The first-order valence-corrected chi connectivity index (χ1v) is 9.21. The molecule has 0 radical (unpaired) electrons. The van der Waals surface area contributed by atoms with Crippen molar-refractivity contribution >= 4 is 25.3 Å². The second-order valence-electron chi connectivity index (χ2n) is 5.48. The Balaban J connectivity index is 2.86. The van der Waals surface area contributed by atoms with Gasteiger partial charge in [-0.25, -0.2) is 5.09 Å². The standard InChI is InChI=1S/C12H25N6O4P/c1-2-5-16-11(20)9(7-10(14)19)17-23(15,22)18-6-3-4-8(13)12(18)21/h8-9H,2-7,13H2,1H3,(H2,14,19)(H,16,20)(H3,15,17,22)/t8-,9?,23?/m0/s1. The number of piperidine rings is 1. The SMILES string of the molecule is CCCNC(=O)C(CC(N)=O)NP(N)(=O)N1CCC[C@H](N)C1=O. The molecular weight excluding hydrogens is 323 g/mol. The van der Waals surface area contributed by atoms with E-state index in [4.69, 9.17) is 17.0 Å². The van der Waals surface area contributed by atoms with Crippen molar-refractivity contribution in [2.45, 2.75) is 44.7 Å². The fraction of sp³-hybridized carbons (Fsp3) is 0.750. The highest BCUT2D eigenvalue weighted by atomic mass is 31.2. The summed E-state index contributed by atoms with van der Waals surface area (Å²) in [6.45, 7) is 2.42. The van der Waals surface area contributed by atoms with Gasteiger partial charge in [-0.05, 0) is 19.3 Å².